The predicted octanol–water partition coefficient (Wildman–Crippen LogP) is 5.12. The van der Waals surface area contributed by atoms with Crippen molar-refractivity contribution in [3.8, 4) is 5.75 Å². The number of anilines is 1. The highest BCUT2D eigenvalue weighted by atomic mass is 16.5. The molecule has 160 valence electrons. The molecule has 0 unspecified atom stereocenters. The average molecular weight is 409 g/mol. The van der Waals surface area contributed by atoms with Crippen molar-refractivity contribution < 1.29 is 14.3 Å². The zero-order valence-electron chi connectivity index (χ0n) is 18.2. The van der Waals surface area contributed by atoms with E-state index in [9.17, 15) is 9.59 Å². The number of amides is 2. The molecule has 0 aliphatic carbocycles. The van der Waals surface area contributed by atoms with Crippen LogP contribution in [0, 0.1) is 13.8 Å². The largest absolute Gasteiger partial charge is 0.481 e. The molecule has 1 fully saturated rings. The van der Waals surface area contributed by atoms with Gasteiger partial charge in [0.2, 0.25) is 0 Å². The van der Waals surface area contributed by atoms with Crippen LogP contribution in [0.25, 0.3) is 0 Å². The Morgan fingerprint density at radius 3 is 2.37 bits per heavy atom. The van der Waals surface area contributed by atoms with Gasteiger partial charge >= 0.3 is 0 Å². The van der Waals surface area contributed by atoms with Gasteiger partial charge < -0.3 is 15.0 Å². The maximum atomic E-state index is 13.1. The van der Waals surface area contributed by atoms with E-state index in [0.717, 1.165) is 44.3 Å². The number of carbonyl (C=O) groups is 2. The van der Waals surface area contributed by atoms with Gasteiger partial charge in [-0.1, -0.05) is 38.0 Å². The minimum absolute atomic E-state index is 0.0177. The molecule has 3 rings (SSSR count). The lowest BCUT2D eigenvalue weighted by Gasteiger charge is -2.23. The van der Waals surface area contributed by atoms with Gasteiger partial charge in [0.15, 0.2) is 6.10 Å². The van der Waals surface area contributed by atoms with Gasteiger partial charge in [-0.25, -0.2) is 0 Å². The number of benzene rings is 2. The summed E-state index contributed by atoms with van der Waals surface area (Å²) in [4.78, 5) is 27.9. The number of hydrogen-bond acceptors (Lipinski definition) is 3. The Bertz CT molecular complexity index is 886. The Hall–Kier alpha value is -2.82. The molecule has 30 heavy (non-hydrogen) atoms. The number of hydrogen-bond donors (Lipinski definition) is 1. The topological polar surface area (TPSA) is 58.6 Å². The van der Waals surface area contributed by atoms with E-state index in [1.165, 1.54) is 5.56 Å². The predicted molar refractivity (Wildman–Crippen MR) is 120 cm³/mol. The van der Waals surface area contributed by atoms with Crippen molar-refractivity contribution in [2.24, 2.45) is 0 Å². The third-order valence-electron chi connectivity index (χ3n) is 5.73. The molecule has 0 radical (unpaired) electrons. The fraction of sp³-hybridized carbons (Fsp3) is 0.440. The Morgan fingerprint density at radius 2 is 1.70 bits per heavy atom. The van der Waals surface area contributed by atoms with E-state index < -0.39 is 6.10 Å². The zero-order chi connectivity index (χ0) is 21.5. The first-order valence-corrected chi connectivity index (χ1v) is 10.9. The van der Waals surface area contributed by atoms with Crippen LogP contribution in [0.3, 0.4) is 0 Å². The summed E-state index contributed by atoms with van der Waals surface area (Å²) in [5, 5.41) is 2.93. The van der Waals surface area contributed by atoms with Gasteiger partial charge in [0, 0.05) is 13.1 Å². The summed E-state index contributed by atoms with van der Waals surface area (Å²) in [6, 6.07) is 13.1. The number of likely N-dealkylation sites (tertiary alicyclic amines) is 1. The van der Waals surface area contributed by atoms with Gasteiger partial charge in [0.25, 0.3) is 11.8 Å². The lowest BCUT2D eigenvalue weighted by atomic mass is 10.1. The second kappa shape index (κ2) is 10.3. The van der Waals surface area contributed by atoms with Crippen LogP contribution in [0.2, 0.25) is 0 Å². The van der Waals surface area contributed by atoms with Crippen molar-refractivity contribution in [3.05, 3.63) is 59.2 Å². The van der Waals surface area contributed by atoms with Crippen LogP contribution in [0.4, 0.5) is 5.69 Å². The molecule has 5 heteroatoms. The van der Waals surface area contributed by atoms with Crippen molar-refractivity contribution >= 4 is 17.5 Å². The van der Waals surface area contributed by atoms with Gasteiger partial charge in [-0.05, 0) is 68.5 Å². The minimum Gasteiger partial charge on any atom is -0.481 e. The molecular weight excluding hydrogens is 376 g/mol. The molecule has 2 aromatic carbocycles. The molecule has 0 aromatic heterocycles. The van der Waals surface area contributed by atoms with Crippen LogP contribution in [0.15, 0.2) is 42.5 Å². The lowest BCUT2D eigenvalue weighted by molar-refractivity contribution is -0.122. The van der Waals surface area contributed by atoms with Crippen LogP contribution >= 0.6 is 0 Å². The summed E-state index contributed by atoms with van der Waals surface area (Å²) in [5.74, 6) is 0.414. The van der Waals surface area contributed by atoms with Crippen LogP contribution in [-0.4, -0.2) is 35.9 Å². The van der Waals surface area contributed by atoms with Gasteiger partial charge in [-0.3, -0.25) is 9.59 Å². The summed E-state index contributed by atoms with van der Waals surface area (Å²) in [5.41, 5.74) is 3.38. The van der Waals surface area contributed by atoms with Crippen molar-refractivity contribution in [3.63, 3.8) is 0 Å². The summed E-state index contributed by atoms with van der Waals surface area (Å²) in [6.07, 6.45) is 4.28. The smallest absolute Gasteiger partial charge is 0.265 e. The molecule has 0 saturated carbocycles. The van der Waals surface area contributed by atoms with Gasteiger partial charge in [0.05, 0.1) is 11.3 Å². The Labute approximate surface area is 179 Å². The molecule has 0 bridgehead atoms. The van der Waals surface area contributed by atoms with E-state index >= 15 is 0 Å². The van der Waals surface area contributed by atoms with Gasteiger partial charge in [-0.2, -0.15) is 0 Å². The van der Waals surface area contributed by atoms with E-state index in [2.05, 4.69) is 5.32 Å². The highest BCUT2D eigenvalue weighted by molar-refractivity contribution is 6.04. The zero-order valence-corrected chi connectivity index (χ0v) is 18.2. The molecule has 1 aliphatic rings. The monoisotopic (exact) mass is 408 g/mol. The van der Waals surface area contributed by atoms with Crippen LogP contribution < -0.4 is 10.1 Å². The SMILES string of the molecule is CC[C@H](Oc1ccc(C)c(C)c1)C(=O)Nc1ccccc1C(=O)N1CCCCCC1. The second-order valence-corrected chi connectivity index (χ2v) is 8.00. The van der Waals surface area contributed by atoms with Gasteiger partial charge in [0.1, 0.15) is 5.75 Å². The standard InChI is InChI=1S/C25H32N2O3/c1-4-23(30-20-14-13-18(2)19(3)17-20)24(28)26-22-12-8-7-11-21(22)25(29)27-15-9-5-6-10-16-27/h7-8,11-14,17,23H,4-6,9-10,15-16H2,1-3H3,(H,26,28)/t23-/m0/s1. The van der Waals surface area contributed by atoms with Crippen LogP contribution in [0.1, 0.15) is 60.5 Å². The Kier molecular flexibility index (Phi) is 7.50. The maximum absolute atomic E-state index is 13.1. The van der Waals surface area contributed by atoms with Crippen LogP contribution in [0.5, 0.6) is 5.75 Å². The summed E-state index contributed by atoms with van der Waals surface area (Å²) < 4.78 is 5.96. The fourth-order valence-corrected chi connectivity index (χ4v) is 3.71. The molecule has 1 heterocycles. The van der Waals surface area contributed by atoms with E-state index in [1.54, 1.807) is 12.1 Å². The lowest BCUT2D eigenvalue weighted by Crippen LogP contribution is -2.35. The first kappa shape index (κ1) is 21.9. The number of carbonyl (C=O) groups excluding carboxylic acids is 2. The molecule has 0 spiro atoms. The van der Waals surface area contributed by atoms with Gasteiger partial charge in [-0.15, -0.1) is 0 Å². The quantitative estimate of drug-likeness (QED) is 0.722. The van der Waals surface area contributed by atoms with Crippen molar-refractivity contribution in [1.82, 2.24) is 4.90 Å². The van der Waals surface area contributed by atoms with E-state index in [1.807, 2.05) is 56.0 Å². The first-order valence-electron chi connectivity index (χ1n) is 10.9. The van der Waals surface area contributed by atoms with Crippen molar-refractivity contribution in [1.29, 1.82) is 0 Å². The molecule has 2 amide bonds. The van der Waals surface area contributed by atoms with Crippen LogP contribution in [-0.2, 0) is 4.79 Å². The molecule has 1 N–H and O–H groups in total. The molecule has 5 nitrogen and oxygen atoms in total. The molecular formula is C25H32N2O3. The normalized spacial score (nSPS) is 15.2. The van der Waals surface area contributed by atoms with E-state index in [0.29, 0.717) is 23.4 Å². The summed E-state index contributed by atoms with van der Waals surface area (Å²) in [7, 11) is 0. The number of para-hydroxylation sites is 1. The third-order valence-corrected chi connectivity index (χ3v) is 5.73. The van der Waals surface area contributed by atoms with Crippen molar-refractivity contribution in [2.75, 3.05) is 18.4 Å². The molecule has 2 aromatic rings. The minimum atomic E-state index is -0.631. The number of aryl methyl sites for hydroxylation is 2. The van der Waals surface area contributed by atoms with Crippen molar-refractivity contribution in [2.45, 2.75) is 59.0 Å². The Morgan fingerprint density at radius 1 is 1.00 bits per heavy atom. The summed E-state index contributed by atoms with van der Waals surface area (Å²) >= 11 is 0. The molecule has 1 atom stereocenters. The number of nitrogens with zero attached hydrogens (tertiary/aromatic N) is 1. The molecule has 1 aliphatic heterocycles. The maximum Gasteiger partial charge on any atom is 0.265 e. The third kappa shape index (κ3) is 5.41. The number of ether oxygens (including phenoxy) is 1. The summed E-state index contributed by atoms with van der Waals surface area (Å²) in [6.45, 7) is 7.53. The molecule has 1 saturated heterocycles. The van der Waals surface area contributed by atoms with E-state index in [4.69, 9.17) is 4.74 Å². The highest BCUT2D eigenvalue weighted by Crippen LogP contribution is 2.22. The fourth-order valence-electron chi connectivity index (χ4n) is 3.71. The first-order chi connectivity index (χ1) is 14.5. The average Bonchev–Trinajstić information content (AvgIpc) is 3.04. The second-order valence-electron chi connectivity index (χ2n) is 8.00. The number of nitrogens with one attached hydrogen (secondary N) is 1. The Balaban J connectivity index is 1.73. The van der Waals surface area contributed by atoms with E-state index in [-0.39, 0.29) is 11.8 Å². The number of rotatable bonds is 6. The highest BCUT2D eigenvalue weighted by Gasteiger charge is 2.23.